The van der Waals surface area contributed by atoms with Crippen LogP contribution in [0.2, 0.25) is 5.15 Å². The van der Waals surface area contributed by atoms with Gasteiger partial charge in [-0.3, -0.25) is 0 Å². The molecule has 0 radical (unpaired) electrons. The lowest BCUT2D eigenvalue weighted by Crippen LogP contribution is -2.24. The third-order valence-electron chi connectivity index (χ3n) is 1.75. The number of nitrogens with two attached hydrogens (primary N) is 1. The minimum atomic E-state index is -4.21. The van der Waals surface area contributed by atoms with Crippen LogP contribution in [0.4, 0.5) is 24.7 Å². The summed E-state index contributed by atoms with van der Waals surface area (Å²) in [6, 6.07) is 2.06. The van der Waals surface area contributed by atoms with Crippen molar-refractivity contribution in [2.24, 2.45) is 0 Å². The third kappa shape index (κ3) is 4.57. The molecule has 0 saturated heterocycles. The molecule has 0 saturated carbocycles. The van der Waals surface area contributed by atoms with E-state index in [1.54, 1.807) is 0 Å². The van der Waals surface area contributed by atoms with Crippen molar-refractivity contribution >= 4 is 23.1 Å². The first-order valence-corrected chi connectivity index (χ1v) is 4.90. The maximum absolute atomic E-state index is 12.1. The quantitative estimate of drug-likeness (QED) is 0.814. The van der Waals surface area contributed by atoms with Crippen LogP contribution in [0.15, 0.2) is 12.1 Å². The standard InChI is InChI=1S/C9H11ClF3N3/c1-5(4-9(11,12)13)15-8-3-6(14)2-7(10)16-8/h2-3,5H,4H2,1H3,(H3,14,15,16). The van der Waals surface area contributed by atoms with E-state index in [9.17, 15) is 13.2 Å². The van der Waals surface area contributed by atoms with Gasteiger partial charge in [-0.2, -0.15) is 13.2 Å². The van der Waals surface area contributed by atoms with Crippen LogP contribution in [0, 0.1) is 0 Å². The van der Waals surface area contributed by atoms with Crippen LogP contribution in [-0.4, -0.2) is 17.2 Å². The average molecular weight is 254 g/mol. The number of rotatable bonds is 3. The van der Waals surface area contributed by atoms with Crippen LogP contribution in [0.5, 0.6) is 0 Å². The second-order valence-electron chi connectivity index (χ2n) is 3.47. The fourth-order valence-corrected chi connectivity index (χ4v) is 1.46. The summed E-state index contributed by atoms with van der Waals surface area (Å²) >= 11 is 5.61. The van der Waals surface area contributed by atoms with E-state index in [0.29, 0.717) is 5.69 Å². The van der Waals surface area contributed by atoms with E-state index in [1.165, 1.54) is 19.1 Å². The van der Waals surface area contributed by atoms with Crippen LogP contribution < -0.4 is 11.1 Å². The molecule has 0 bridgehead atoms. The summed E-state index contributed by atoms with van der Waals surface area (Å²) in [6.07, 6.45) is -5.16. The molecule has 16 heavy (non-hydrogen) atoms. The molecule has 0 fully saturated rings. The predicted octanol–water partition coefficient (Wildman–Crippen LogP) is 3.07. The van der Waals surface area contributed by atoms with E-state index in [1.807, 2.05) is 0 Å². The van der Waals surface area contributed by atoms with Gasteiger partial charge in [0.2, 0.25) is 0 Å². The first kappa shape index (κ1) is 12.9. The minimum Gasteiger partial charge on any atom is -0.399 e. The van der Waals surface area contributed by atoms with Crippen LogP contribution in [0.3, 0.4) is 0 Å². The largest absolute Gasteiger partial charge is 0.399 e. The van der Waals surface area contributed by atoms with Crippen molar-refractivity contribution in [1.82, 2.24) is 4.98 Å². The van der Waals surface area contributed by atoms with Crippen LogP contribution in [0.1, 0.15) is 13.3 Å². The molecular weight excluding hydrogens is 243 g/mol. The molecule has 0 aliphatic carbocycles. The molecule has 3 nitrogen and oxygen atoms in total. The fraction of sp³-hybridized carbons (Fsp3) is 0.444. The maximum Gasteiger partial charge on any atom is 0.391 e. The Kier molecular flexibility index (Phi) is 3.85. The van der Waals surface area contributed by atoms with Gasteiger partial charge in [-0.05, 0) is 13.0 Å². The van der Waals surface area contributed by atoms with E-state index in [0.717, 1.165) is 0 Å². The number of nitrogens with zero attached hydrogens (tertiary/aromatic N) is 1. The Morgan fingerprint density at radius 2 is 2.12 bits per heavy atom. The van der Waals surface area contributed by atoms with Crippen molar-refractivity contribution in [2.45, 2.75) is 25.6 Å². The number of hydrogen-bond donors (Lipinski definition) is 2. The second-order valence-corrected chi connectivity index (χ2v) is 3.86. The molecule has 90 valence electrons. The van der Waals surface area contributed by atoms with Gasteiger partial charge in [-0.1, -0.05) is 11.6 Å². The summed E-state index contributed by atoms with van der Waals surface area (Å²) in [7, 11) is 0. The molecule has 1 atom stereocenters. The first-order chi connectivity index (χ1) is 7.26. The molecule has 0 aliphatic rings. The molecule has 1 rings (SSSR count). The molecule has 0 aromatic carbocycles. The number of alkyl halides is 3. The second kappa shape index (κ2) is 4.78. The highest BCUT2D eigenvalue weighted by atomic mass is 35.5. The summed E-state index contributed by atoms with van der Waals surface area (Å²) < 4.78 is 36.2. The van der Waals surface area contributed by atoms with Crippen LogP contribution in [0.25, 0.3) is 0 Å². The van der Waals surface area contributed by atoms with E-state index in [-0.39, 0.29) is 11.0 Å². The number of anilines is 2. The fourth-order valence-electron chi connectivity index (χ4n) is 1.24. The highest BCUT2D eigenvalue weighted by Crippen LogP contribution is 2.23. The lowest BCUT2D eigenvalue weighted by molar-refractivity contribution is -0.136. The Hall–Kier alpha value is -1.17. The Labute approximate surface area is 95.8 Å². The molecule has 0 aliphatic heterocycles. The van der Waals surface area contributed by atoms with Gasteiger partial charge in [-0.25, -0.2) is 4.98 Å². The zero-order chi connectivity index (χ0) is 12.3. The van der Waals surface area contributed by atoms with Gasteiger partial charge in [-0.15, -0.1) is 0 Å². The van der Waals surface area contributed by atoms with E-state index >= 15 is 0 Å². The number of halogens is 4. The summed E-state index contributed by atoms with van der Waals surface area (Å²) in [5, 5.41) is 2.72. The van der Waals surface area contributed by atoms with Crippen LogP contribution in [-0.2, 0) is 0 Å². The normalized spacial score (nSPS) is 13.6. The summed E-state index contributed by atoms with van der Waals surface area (Å²) in [5.74, 6) is 0.238. The van der Waals surface area contributed by atoms with Crippen molar-refractivity contribution in [1.29, 1.82) is 0 Å². The average Bonchev–Trinajstić information content (AvgIpc) is 1.96. The highest BCUT2D eigenvalue weighted by Gasteiger charge is 2.30. The lowest BCUT2D eigenvalue weighted by atomic mass is 10.2. The minimum absolute atomic E-state index is 0.140. The van der Waals surface area contributed by atoms with Crippen LogP contribution >= 0.6 is 11.6 Å². The Morgan fingerprint density at radius 1 is 1.50 bits per heavy atom. The Balaban J connectivity index is 2.66. The van der Waals surface area contributed by atoms with Crippen molar-refractivity contribution in [3.05, 3.63) is 17.3 Å². The molecule has 0 spiro atoms. The molecule has 1 aromatic rings. The zero-order valence-electron chi connectivity index (χ0n) is 8.48. The lowest BCUT2D eigenvalue weighted by Gasteiger charge is -2.16. The van der Waals surface area contributed by atoms with Gasteiger partial charge in [0, 0.05) is 17.8 Å². The maximum atomic E-state index is 12.1. The summed E-state index contributed by atoms with van der Waals surface area (Å²) in [5.41, 5.74) is 5.82. The Bertz CT molecular complexity index is 347. The number of pyridine rings is 1. The van der Waals surface area contributed by atoms with E-state index in [4.69, 9.17) is 17.3 Å². The third-order valence-corrected chi connectivity index (χ3v) is 1.94. The van der Waals surface area contributed by atoms with Crippen molar-refractivity contribution in [3.63, 3.8) is 0 Å². The predicted molar refractivity (Wildman–Crippen MR) is 57.4 cm³/mol. The van der Waals surface area contributed by atoms with Crippen molar-refractivity contribution < 1.29 is 13.2 Å². The molecule has 1 unspecified atom stereocenters. The summed E-state index contributed by atoms with van der Waals surface area (Å²) in [6.45, 7) is 1.41. The Morgan fingerprint density at radius 3 is 2.62 bits per heavy atom. The molecule has 1 heterocycles. The first-order valence-electron chi connectivity index (χ1n) is 4.52. The SMILES string of the molecule is CC(CC(F)(F)F)Nc1cc(N)cc(Cl)n1. The van der Waals surface area contributed by atoms with Gasteiger partial charge < -0.3 is 11.1 Å². The molecule has 0 amide bonds. The van der Waals surface area contributed by atoms with E-state index < -0.39 is 18.6 Å². The van der Waals surface area contributed by atoms with Gasteiger partial charge in [0.1, 0.15) is 11.0 Å². The van der Waals surface area contributed by atoms with Gasteiger partial charge in [0.25, 0.3) is 0 Å². The summed E-state index contributed by atoms with van der Waals surface area (Å²) in [4.78, 5) is 3.81. The molecule has 1 aromatic heterocycles. The molecular formula is C9H11ClF3N3. The van der Waals surface area contributed by atoms with E-state index in [2.05, 4.69) is 10.3 Å². The zero-order valence-corrected chi connectivity index (χ0v) is 9.23. The number of nitrogen functional groups attached to an aromatic ring is 1. The number of hydrogen-bond acceptors (Lipinski definition) is 3. The molecule has 7 heteroatoms. The van der Waals surface area contributed by atoms with Gasteiger partial charge in [0.05, 0.1) is 6.42 Å². The topological polar surface area (TPSA) is 50.9 Å². The number of nitrogens with one attached hydrogen (secondary N) is 1. The van der Waals surface area contributed by atoms with Gasteiger partial charge >= 0.3 is 6.18 Å². The smallest absolute Gasteiger partial charge is 0.391 e. The van der Waals surface area contributed by atoms with Crippen molar-refractivity contribution in [2.75, 3.05) is 11.1 Å². The highest BCUT2D eigenvalue weighted by molar-refractivity contribution is 6.29. The molecule has 3 N–H and O–H groups in total. The number of aromatic nitrogens is 1. The monoisotopic (exact) mass is 253 g/mol. The van der Waals surface area contributed by atoms with Crippen molar-refractivity contribution in [3.8, 4) is 0 Å². The van der Waals surface area contributed by atoms with Gasteiger partial charge in [0.15, 0.2) is 0 Å².